The van der Waals surface area contributed by atoms with Gasteiger partial charge in [-0.1, -0.05) is 18.2 Å². The number of rotatable bonds is 2. The highest BCUT2D eigenvalue weighted by Crippen LogP contribution is 2.37. The molecule has 2 aromatic rings. The number of hydrogen-bond donors (Lipinski definition) is 1. The van der Waals surface area contributed by atoms with Crippen LogP contribution in [0.2, 0.25) is 0 Å². The minimum atomic E-state index is -4.35. The Bertz CT molecular complexity index is 613. The summed E-state index contributed by atoms with van der Waals surface area (Å²) in [5.74, 6) is 0. The third-order valence-electron chi connectivity index (χ3n) is 3.83. The van der Waals surface area contributed by atoms with E-state index in [9.17, 15) is 13.2 Å². The van der Waals surface area contributed by atoms with Crippen LogP contribution in [0.4, 0.5) is 13.2 Å². The van der Waals surface area contributed by atoms with E-state index in [1.807, 2.05) is 0 Å². The van der Waals surface area contributed by atoms with E-state index >= 15 is 0 Å². The summed E-state index contributed by atoms with van der Waals surface area (Å²) in [7, 11) is 0. The number of alkyl halides is 3. The lowest BCUT2D eigenvalue weighted by atomic mass is 10.0. The lowest BCUT2D eigenvalue weighted by Crippen LogP contribution is -2.29. The van der Waals surface area contributed by atoms with E-state index in [-0.39, 0.29) is 11.6 Å². The van der Waals surface area contributed by atoms with E-state index in [4.69, 9.17) is 0 Å². The Balaban J connectivity index is 1.93. The second-order valence-corrected chi connectivity index (χ2v) is 5.23. The molecule has 1 aliphatic heterocycles. The maximum Gasteiger partial charge on any atom is 0.417 e. The zero-order valence-corrected chi connectivity index (χ0v) is 11.4. The van der Waals surface area contributed by atoms with Gasteiger partial charge in [0.1, 0.15) is 0 Å². The molecular weight excluding hydrogens is 279 g/mol. The van der Waals surface area contributed by atoms with Crippen LogP contribution >= 0.6 is 0 Å². The van der Waals surface area contributed by atoms with Crippen molar-refractivity contribution in [2.45, 2.75) is 25.1 Å². The Kier molecular flexibility index (Phi) is 3.71. The lowest BCUT2D eigenvalue weighted by molar-refractivity contribution is -0.137. The topological polar surface area (TPSA) is 29.9 Å². The molecule has 0 radical (unpaired) electrons. The molecule has 3 rings (SSSR count). The first-order valence-electron chi connectivity index (χ1n) is 6.97. The van der Waals surface area contributed by atoms with E-state index in [0.717, 1.165) is 32.0 Å². The Morgan fingerprint density at radius 1 is 1.14 bits per heavy atom. The second kappa shape index (κ2) is 5.52. The van der Waals surface area contributed by atoms with Crippen molar-refractivity contribution in [3.05, 3.63) is 42.2 Å². The summed E-state index contributed by atoms with van der Waals surface area (Å²) in [5, 5.41) is 7.52. The van der Waals surface area contributed by atoms with Crippen molar-refractivity contribution in [1.29, 1.82) is 0 Å². The highest BCUT2D eigenvalue weighted by Gasteiger charge is 2.33. The molecule has 1 aliphatic rings. The quantitative estimate of drug-likeness (QED) is 0.919. The molecule has 1 N–H and O–H groups in total. The molecule has 3 nitrogen and oxygen atoms in total. The summed E-state index contributed by atoms with van der Waals surface area (Å²) in [5.41, 5.74) is 0.0847. The molecule has 6 heteroatoms. The zero-order valence-electron chi connectivity index (χ0n) is 11.4. The Labute approximate surface area is 120 Å². The van der Waals surface area contributed by atoms with Gasteiger partial charge in [-0.05, 0) is 37.6 Å². The van der Waals surface area contributed by atoms with Gasteiger partial charge in [0.2, 0.25) is 0 Å². The van der Waals surface area contributed by atoms with Crippen molar-refractivity contribution in [2.24, 2.45) is 0 Å². The van der Waals surface area contributed by atoms with Crippen molar-refractivity contribution >= 4 is 0 Å². The fourth-order valence-electron chi connectivity index (χ4n) is 2.73. The van der Waals surface area contributed by atoms with Crippen LogP contribution < -0.4 is 5.32 Å². The summed E-state index contributed by atoms with van der Waals surface area (Å²) in [6, 6.07) is 5.89. The first-order valence-corrected chi connectivity index (χ1v) is 6.97. The molecule has 1 fully saturated rings. The van der Waals surface area contributed by atoms with Crippen LogP contribution in [-0.2, 0) is 6.18 Å². The number of halogens is 3. The highest BCUT2D eigenvalue weighted by molar-refractivity contribution is 5.66. The lowest BCUT2D eigenvalue weighted by Gasteiger charge is -2.22. The summed E-state index contributed by atoms with van der Waals surface area (Å²) < 4.78 is 41.0. The summed E-state index contributed by atoms with van der Waals surface area (Å²) in [6.45, 7) is 1.83. The number of nitrogens with one attached hydrogen (secondary N) is 1. The molecule has 0 unspecified atom stereocenters. The molecule has 112 valence electrons. The normalized spacial score (nSPS) is 17.1. The minimum Gasteiger partial charge on any atom is -0.317 e. The molecule has 0 amide bonds. The van der Waals surface area contributed by atoms with Gasteiger partial charge >= 0.3 is 6.18 Å². The van der Waals surface area contributed by atoms with Crippen LogP contribution in [0, 0.1) is 0 Å². The molecule has 1 aromatic heterocycles. The summed E-state index contributed by atoms with van der Waals surface area (Å²) in [6.07, 6.45) is 0.782. The van der Waals surface area contributed by atoms with Gasteiger partial charge in [0.25, 0.3) is 0 Å². The van der Waals surface area contributed by atoms with E-state index in [1.165, 1.54) is 18.3 Å². The molecular formula is C15H16F3N3. The van der Waals surface area contributed by atoms with Crippen molar-refractivity contribution in [1.82, 2.24) is 15.1 Å². The van der Waals surface area contributed by atoms with Crippen LogP contribution in [0.5, 0.6) is 0 Å². The SMILES string of the molecule is FC(F)(F)c1ccccc1-c1cnn(C2CCNCC2)c1. The van der Waals surface area contributed by atoms with Gasteiger partial charge in [-0.2, -0.15) is 18.3 Å². The second-order valence-electron chi connectivity index (χ2n) is 5.23. The van der Waals surface area contributed by atoms with Crippen molar-refractivity contribution < 1.29 is 13.2 Å². The third-order valence-corrected chi connectivity index (χ3v) is 3.83. The maximum absolute atomic E-state index is 13.1. The molecule has 0 aliphatic carbocycles. The Hall–Kier alpha value is -1.82. The first-order chi connectivity index (χ1) is 10.1. The summed E-state index contributed by atoms with van der Waals surface area (Å²) in [4.78, 5) is 0. The largest absolute Gasteiger partial charge is 0.417 e. The summed E-state index contributed by atoms with van der Waals surface area (Å²) >= 11 is 0. The Morgan fingerprint density at radius 3 is 2.57 bits per heavy atom. The van der Waals surface area contributed by atoms with Gasteiger partial charge in [0.15, 0.2) is 0 Å². The molecule has 21 heavy (non-hydrogen) atoms. The monoisotopic (exact) mass is 295 g/mol. The standard InChI is InChI=1S/C15H16F3N3/c16-15(17,18)14-4-2-1-3-13(14)11-9-20-21(10-11)12-5-7-19-8-6-12/h1-4,9-10,12,19H,5-8H2. The number of nitrogens with zero attached hydrogens (tertiary/aromatic N) is 2. The number of benzene rings is 1. The predicted octanol–water partition coefficient (Wildman–Crippen LogP) is 3.49. The van der Waals surface area contributed by atoms with Gasteiger partial charge in [-0.3, -0.25) is 4.68 Å². The van der Waals surface area contributed by atoms with Crippen LogP contribution in [0.15, 0.2) is 36.7 Å². The molecule has 0 atom stereocenters. The average Bonchev–Trinajstić information content (AvgIpc) is 2.97. The van der Waals surface area contributed by atoms with Crippen molar-refractivity contribution in [3.8, 4) is 11.1 Å². The third kappa shape index (κ3) is 2.95. The van der Waals surface area contributed by atoms with Crippen molar-refractivity contribution in [3.63, 3.8) is 0 Å². The minimum absolute atomic E-state index is 0.185. The Morgan fingerprint density at radius 2 is 1.86 bits per heavy atom. The molecule has 2 heterocycles. The van der Waals surface area contributed by atoms with Gasteiger partial charge in [0.05, 0.1) is 17.8 Å². The van der Waals surface area contributed by atoms with E-state index in [1.54, 1.807) is 16.9 Å². The average molecular weight is 295 g/mol. The zero-order chi connectivity index (χ0) is 14.9. The van der Waals surface area contributed by atoms with Gasteiger partial charge in [-0.25, -0.2) is 0 Å². The van der Waals surface area contributed by atoms with E-state index in [2.05, 4.69) is 10.4 Å². The molecule has 0 saturated carbocycles. The van der Waals surface area contributed by atoms with Crippen LogP contribution in [0.1, 0.15) is 24.4 Å². The first kappa shape index (κ1) is 14.1. The maximum atomic E-state index is 13.1. The fraction of sp³-hybridized carbons (Fsp3) is 0.400. The fourth-order valence-corrected chi connectivity index (χ4v) is 2.73. The number of piperidine rings is 1. The highest BCUT2D eigenvalue weighted by atomic mass is 19.4. The molecule has 0 spiro atoms. The number of aromatic nitrogens is 2. The predicted molar refractivity (Wildman–Crippen MR) is 73.8 cm³/mol. The van der Waals surface area contributed by atoms with Crippen LogP contribution in [0.3, 0.4) is 0 Å². The molecule has 1 aromatic carbocycles. The molecule has 0 bridgehead atoms. The van der Waals surface area contributed by atoms with Gasteiger partial charge in [-0.15, -0.1) is 0 Å². The number of hydrogen-bond acceptors (Lipinski definition) is 2. The van der Waals surface area contributed by atoms with Crippen molar-refractivity contribution in [2.75, 3.05) is 13.1 Å². The smallest absolute Gasteiger partial charge is 0.317 e. The van der Waals surface area contributed by atoms with Crippen LogP contribution in [0.25, 0.3) is 11.1 Å². The van der Waals surface area contributed by atoms with E-state index in [0.29, 0.717) is 5.56 Å². The van der Waals surface area contributed by atoms with Gasteiger partial charge < -0.3 is 5.32 Å². The van der Waals surface area contributed by atoms with Crippen LogP contribution in [-0.4, -0.2) is 22.9 Å². The van der Waals surface area contributed by atoms with E-state index < -0.39 is 11.7 Å². The molecule has 1 saturated heterocycles. The van der Waals surface area contributed by atoms with Gasteiger partial charge in [0, 0.05) is 11.8 Å².